The van der Waals surface area contributed by atoms with Gasteiger partial charge in [-0.2, -0.15) is 0 Å². The fourth-order valence-electron chi connectivity index (χ4n) is 5.80. The maximum atomic E-state index is 13.9. The molecular weight excluding hydrogens is 546 g/mol. The molecule has 222 valence electrons. The zero-order valence-electron chi connectivity index (χ0n) is 24.6. The lowest BCUT2D eigenvalue weighted by Gasteiger charge is -2.32. The van der Waals surface area contributed by atoms with E-state index in [-0.39, 0.29) is 30.2 Å². The molecule has 1 saturated heterocycles. The first kappa shape index (κ1) is 30.0. The number of likely N-dealkylation sites (tertiary alicyclic amines) is 1. The highest BCUT2D eigenvalue weighted by atomic mass is 32.2. The molecule has 0 spiro atoms. The Morgan fingerprint density at radius 1 is 0.881 bits per heavy atom. The van der Waals surface area contributed by atoms with Crippen molar-refractivity contribution in [2.45, 2.75) is 43.0 Å². The van der Waals surface area contributed by atoms with E-state index in [1.54, 1.807) is 26.0 Å². The number of ether oxygens (including phenoxy) is 2. The molecule has 0 aromatic heterocycles. The van der Waals surface area contributed by atoms with Gasteiger partial charge in [-0.25, -0.2) is 0 Å². The smallest absolute Gasteiger partial charge is 0.231 e. The Bertz CT molecular complexity index is 1340. The lowest BCUT2D eigenvalue weighted by atomic mass is 10.0. The van der Waals surface area contributed by atoms with Gasteiger partial charge >= 0.3 is 0 Å². The summed E-state index contributed by atoms with van der Waals surface area (Å²) in [5, 5.41) is 3.25. The minimum absolute atomic E-state index is 0.0128. The number of nitrogens with zero attached hydrogens (tertiary/aromatic N) is 2. The summed E-state index contributed by atoms with van der Waals surface area (Å²) in [7, 11) is 3.24. The van der Waals surface area contributed by atoms with Crippen molar-refractivity contribution in [1.82, 2.24) is 10.2 Å². The van der Waals surface area contributed by atoms with Crippen LogP contribution in [0.25, 0.3) is 0 Å². The largest absolute Gasteiger partial charge is 0.493 e. The van der Waals surface area contributed by atoms with Crippen LogP contribution in [0.15, 0.2) is 77.7 Å². The highest BCUT2D eigenvalue weighted by Crippen LogP contribution is 2.37. The van der Waals surface area contributed by atoms with Crippen LogP contribution in [-0.4, -0.2) is 68.9 Å². The van der Waals surface area contributed by atoms with Gasteiger partial charge in [-0.1, -0.05) is 48.5 Å². The van der Waals surface area contributed by atoms with E-state index in [9.17, 15) is 9.59 Å². The Balaban J connectivity index is 1.16. The van der Waals surface area contributed by atoms with Crippen LogP contribution in [0.3, 0.4) is 0 Å². The van der Waals surface area contributed by atoms with Crippen LogP contribution in [0, 0.1) is 5.92 Å². The Morgan fingerprint density at radius 3 is 2.36 bits per heavy atom. The van der Waals surface area contributed by atoms with E-state index in [0.717, 1.165) is 55.0 Å². The van der Waals surface area contributed by atoms with Gasteiger partial charge < -0.3 is 24.6 Å². The molecule has 2 aliphatic rings. The SMILES string of the molecule is COc1ccc(CCN2C(=O)C(CC(=O)NC3CCN(CCc4ccccc4)CC3)CSc3ccccc32)cc1OC. The van der Waals surface area contributed by atoms with Crippen LogP contribution >= 0.6 is 11.8 Å². The fraction of sp³-hybridized carbons (Fsp3) is 0.412. The number of carbonyl (C=O) groups is 2. The molecule has 1 atom stereocenters. The molecule has 2 aliphatic heterocycles. The second-order valence-corrected chi connectivity index (χ2v) is 12.1. The summed E-state index contributed by atoms with van der Waals surface area (Å²) in [6.45, 7) is 3.52. The fourth-order valence-corrected chi connectivity index (χ4v) is 6.94. The predicted octanol–water partition coefficient (Wildman–Crippen LogP) is 5.21. The van der Waals surface area contributed by atoms with Gasteiger partial charge in [0.15, 0.2) is 11.5 Å². The van der Waals surface area contributed by atoms with Gasteiger partial charge in [0.25, 0.3) is 0 Å². The van der Waals surface area contributed by atoms with Crippen LogP contribution in [0.2, 0.25) is 0 Å². The maximum Gasteiger partial charge on any atom is 0.231 e. The van der Waals surface area contributed by atoms with Gasteiger partial charge in [0.2, 0.25) is 11.8 Å². The molecule has 5 rings (SSSR count). The molecule has 0 bridgehead atoms. The van der Waals surface area contributed by atoms with Crippen molar-refractivity contribution in [3.05, 3.63) is 83.9 Å². The maximum absolute atomic E-state index is 13.9. The number of fused-ring (bicyclic) bond motifs is 1. The average Bonchev–Trinajstić information content (AvgIpc) is 3.15. The summed E-state index contributed by atoms with van der Waals surface area (Å²) in [5.41, 5.74) is 3.33. The Labute approximate surface area is 253 Å². The average molecular weight is 588 g/mol. The highest BCUT2D eigenvalue weighted by molar-refractivity contribution is 7.99. The van der Waals surface area contributed by atoms with Gasteiger partial charge in [-0.3, -0.25) is 9.59 Å². The molecular formula is C34H41N3O4S. The van der Waals surface area contributed by atoms with Gasteiger partial charge in [-0.05, 0) is 61.1 Å². The summed E-state index contributed by atoms with van der Waals surface area (Å²) in [6.07, 6.45) is 3.80. The minimum atomic E-state index is -0.376. The molecule has 1 unspecified atom stereocenters. The van der Waals surface area contributed by atoms with Crippen molar-refractivity contribution in [2.24, 2.45) is 5.92 Å². The first-order chi connectivity index (χ1) is 20.5. The summed E-state index contributed by atoms with van der Waals surface area (Å²) in [6, 6.07) is 24.6. The molecule has 3 aromatic carbocycles. The second kappa shape index (κ2) is 14.6. The first-order valence-corrected chi connectivity index (χ1v) is 15.8. The number of amides is 2. The number of methoxy groups -OCH3 is 2. The Morgan fingerprint density at radius 2 is 1.60 bits per heavy atom. The van der Waals surface area contributed by atoms with E-state index < -0.39 is 0 Å². The van der Waals surface area contributed by atoms with E-state index in [1.807, 2.05) is 41.3 Å². The van der Waals surface area contributed by atoms with Gasteiger partial charge in [-0.15, -0.1) is 11.8 Å². The predicted molar refractivity (Wildman–Crippen MR) is 169 cm³/mol. The van der Waals surface area contributed by atoms with E-state index in [0.29, 0.717) is 30.2 Å². The first-order valence-electron chi connectivity index (χ1n) is 14.8. The Hall–Kier alpha value is -3.49. The third kappa shape index (κ3) is 7.66. The molecule has 0 saturated carbocycles. The van der Waals surface area contributed by atoms with Crippen LogP contribution in [0.4, 0.5) is 5.69 Å². The lowest BCUT2D eigenvalue weighted by molar-refractivity contribution is -0.128. The number of carbonyl (C=O) groups excluding carboxylic acids is 2. The third-order valence-electron chi connectivity index (χ3n) is 8.23. The van der Waals surface area contributed by atoms with Crippen LogP contribution in [-0.2, 0) is 22.4 Å². The van der Waals surface area contributed by atoms with E-state index in [2.05, 4.69) is 46.6 Å². The van der Waals surface area contributed by atoms with Gasteiger partial charge in [0, 0.05) is 49.3 Å². The number of anilines is 1. The summed E-state index contributed by atoms with van der Waals surface area (Å²) in [5.74, 6) is 1.55. The number of thioether (sulfide) groups is 1. The standard InChI is InChI=1S/C34H41N3O4S/c1-40-30-13-12-26(22-31(30)41-2)15-21-37-29-10-6-7-11-32(29)42-24-27(34(37)39)23-33(38)35-28-16-19-36(20-17-28)18-14-25-8-4-3-5-9-25/h3-13,22,27-28H,14-21,23-24H2,1-2H3,(H,35,38). The van der Waals surface area contributed by atoms with Crippen LogP contribution in [0.1, 0.15) is 30.4 Å². The molecule has 2 amide bonds. The van der Waals surface area contributed by atoms with Crippen molar-refractivity contribution in [3.8, 4) is 11.5 Å². The number of nitrogens with one attached hydrogen (secondary N) is 1. The quantitative estimate of drug-likeness (QED) is 0.332. The Kier molecular flexibility index (Phi) is 10.4. The van der Waals surface area contributed by atoms with Crippen molar-refractivity contribution < 1.29 is 19.1 Å². The molecule has 7 nitrogen and oxygen atoms in total. The number of benzene rings is 3. The second-order valence-electron chi connectivity index (χ2n) is 11.0. The minimum Gasteiger partial charge on any atom is -0.493 e. The molecule has 0 radical (unpaired) electrons. The molecule has 1 fully saturated rings. The molecule has 1 N–H and O–H groups in total. The normalized spacial score (nSPS) is 17.8. The van der Waals surface area contributed by atoms with Crippen molar-refractivity contribution in [2.75, 3.05) is 51.1 Å². The highest BCUT2D eigenvalue weighted by Gasteiger charge is 2.33. The summed E-state index contributed by atoms with van der Waals surface area (Å²) < 4.78 is 10.8. The van der Waals surface area contributed by atoms with E-state index in [4.69, 9.17) is 9.47 Å². The number of rotatable bonds is 11. The van der Waals surface area contributed by atoms with Crippen molar-refractivity contribution in [1.29, 1.82) is 0 Å². The van der Waals surface area contributed by atoms with E-state index >= 15 is 0 Å². The zero-order chi connectivity index (χ0) is 29.3. The van der Waals surface area contributed by atoms with Crippen LogP contribution < -0.4 is 19.7 Å². The summed E-state index contributed by atoms with van der Waals surface area (Å²) in [4.78, 5) is 32.5. The lowest BCUT2D eigenvalue weighted by Crippen LogP contribution is -2.46. The molecule has 8 heteroatoms. The molecule has 2 heterocycles. The van der Waals surface area contributed by atoms with E-state index in [1.165, 1.54) is 5.56 Å². The molecule has 0 aliphatic carbocycles. The topological polar surface area (TPSA) is 71.1 Å². The zero-order valence-corrected chi connectivity index (χ0v) is 25.4. The number of piperidine rings is 1. The van der Waals surface area contributed by atoms with Crippen molar-refractivity contribution in [3.63, 3.8) is 0 Å². The number of para-hydroxylation sites is 1. The van der Waals surface area contributed by atoms with Gasteiger partial charge in [0.05, 0.1) is 25.8 Å². The van der Waals surface area contributed by atoms with Gasteiger partial charge in [0.1, 0.15) is 0 Å². The molecule has 3 aromatic rings. The van der Waals surface area contributed by atoms with Crippen molar-refractivity contribution >= 4 is 29.3 Å². The third-order valence-corrected chi connectivity index (χ3v) is 9.45. The number of hydrogen-bond acceptors (Lipinski definition) is 6. The molecule has 42 heavy (non-hydrogen) atoms. The number of hydrogen-bond donors (Lipinski definition) is 1. The summed E-state index contributed by atoms with van der Waals surface area (Å²) >= 11 is 1.66. The monoisotopic (exact) mass is 587 g/mol. The van der Waals surface area contributed by atoms with Crippen LogP contribution in [0.5, 0.6) is 11.5 Å².